The van der Waals surface area contributed by atoms with Gasteiger partial charge in [0.2, 0.25) is 6.41 Å². The summed E-state index contributed by atoms with van der Waals surface area (Å²) in [7, 11) is 5.05. The lowest BCUT2D eigenvalue weighted by atomic mass is 10.1. The van der Waals surface area contributed by atoms with E-state index < -0.39 is 0 Å². The minimum absolute atomic E-state index is 0.365. The number of hydrogen-bond donors (Lipinski definition) is 1. The Balaban J connectivity index is 1.78. The summed E-state index contributed by atoms with van der Waals surface area (Å²) in [5, 5.41) is 5.72. The topological polar surface area (TPSA) is 68.6 Å². The Labute approximate surface area is 172 Å². The normalized spacial score (nSPS) is 10.4. The third kappa shape index (κ3) is 4.28. The minimum Gasteiger partial charge on any atom is -0.493 e. The summed E-state index contributed by atoms with van der Waals surface area (Å²) in [5.74, 6) is 1.26. The van der Waals surface area contributed by atoms with Gasteiger partial charge in [0.15, 0.2) is 11.5 Å². The average Bonchev–Trinajstić information content (AvgIpc) is 3.05. The zero-order valence-electron chi connectivity index (χ0n) is 15.8. The van der Waals surface area contributed by atoms with Gasteiger partial charge in [0, 0.05) is 12.6 Å². The SMILES string of the molecule is COc1ccc(CN(C=O)Nc2cccc(-c3c(Br)cnn3C)c2)cc1OC. The summed E-state index contributed by atoms with van der Waals surface area (Å²) in [5.41, 5.74) is 6.77. The molecule has 0 aliphatic rings. The number of carbonyl (C=O) groups is 1. The molecule has 1 aromatic heterocycles. The Kier molecular flexibility index (Phi) is 6.20. The molecule has 0 spiro atoms. The van der Waals surface area contributed by atoms with Crippen molar-refractivity contribution in [1.29, 1.82) is 0 Å². The largest absolute Gasteiger partial charge is 0.493 e. The number of halogens is 1. The number of nitrogens with zero attached hydrogens (tertiary/aromatic N) is 3. The van der Waals surface area contributed by atoms with Gasteiger partial charge in [-0.25, -0.2) is 0 Å². The second-order valence-electron chi connectivity index (χ2n) is 6.08. The Morgan fingerprint density at radius 2 is 1.96 bits per heavy atom. The molecule has 0 atom stereocenters. The van der Waals surface area contributed by atoms with E-state index in [2.05, 4.69) is 26.5 Å². The third-order valence-electron chi connectivity index (χ3n) is 4.23. The minimum atomic E-state index is 0.365. The predicted molar refractivity (Wildman–Crippen MR) is 111 cm³/mol. The van der Waals surface area contributed by atoms with Gasteiger partial charge >= 0.3 is 0 Å². The first-order valence-corrected chi connectivity index (χ1v) is 9.32. The summed E-state index contributed by atoms with van der Waals surface area (Å²) >= 11 is 3.52. The van der Waals surface area contributed by atoms with E-state index in [-0.39, 0.29) is 0 Å². The second-order valence-corrected chi connectivity index (χ2v) is 6.93. The van der Waals surface area contributed by atoms with Crippen LogP contribution in [-0.2, 0) is 18.4 Å². The van der Waals surface area contributed by atoms with Crippen molar-refractivity contribution in [1.82, 2.24) is 14.8 Å². The first-order valence-electron chi connectivity index (χ1n) is 8.53. The lowest BCUT2D eigenvalue weighted by Crippen LogP contribution is -2.27. The Hall–Kier alpha value is -3.00. The van der Waals surface area contributed by atoms with Crippen LogP contribution in [0.1, 0.15) is 5.56 Å². The summed E-state index contributed by atoms with van der Waals surface area (Å²) in [6.45, 7) is 0.365. The standard InChI is InChI=1S/C20H21BrN4O3/c1-24-20(17(21)11-22-24)15-5-4-6-16(10-15)23-25(13-26)12-14-7-8-18(27-2)19(9-14)28-3/h4-11,13,23H,12H2,1-3H3. The Morgan fingerprint density at radius 1 is 1.18 bits per heavy atom. The fourth-order valence-electron chi connectivity index (χ4n) is 2.92. The number of nitrogens with one attached hydrogen (secondary N) is 1. The fraction of sp³-hybridized carbons (Fsp3) is 0.200. The van der Waals surface area contributed by atoms with E-state index in [4.69, 9.17) is 9.47 Å². The van der Waals surface area contributed by atoms with E-state index >= 15 is 0 Å². The number of aryl methyl sites for hydroxylation is 1. The monoisotopic (exact) mass is 444 g/mol. The molecule has 7 nitrogen and oxygen atoms in total. The molecule has 0 aliphatic carbocycles. The van der Waals surface area contributed by atoms with Crippen molar-refractivity contribution in [2.24, 2.45) is 7.05 Å². The molecule has 8 heteroatoms. The van der Waals surface area contributed by atoms with Gasteiger partial charge in [-0.15, -0.1) is 0 Å². The lowest BCUT2D eigenvalue weighted by molar-refractivity contribution is -0.117. The molecule has 2 aromatic carbocycles. The number of ether oxygens (including phenoxy) is 2. The van der Waals surface area contributed by atoms with Crippen LogP contribution in [-0.4, -0.2) is 35.4 Å². The van der Waals surface area contributed by atoms with Crippen LogP contribution in [0.5, 0.6) is 11.5 Å². The predicted octanol–water partition coefficient (Wildman–Crippen LogP) is 3.85. The van der Waals surface area contributed by atoms with Crippen LogP contribution in [0.4, 0.5) is 5.69 Å². The van der Waals surface area contributed by atoms with Gasteiger partial charge in [-0.3, -0.25) is 19.9 Å². The van der Waals surface area contributed by atoms with Crippen LogP contribution < -0.4 is 14.9 Å². The third-order valence-corrected chi connectivity index (χ3v) is 4.81. The number of hydrogen-bond acceptors (Lipinski definition) is 5. The van der Waals surface area contributed by atoms with Crippen LogP contribution in [0.3, 0.4) is 0 Å². The van der Waals surface area contributed by atoms with Crippen LogP contribution in [0.2, 0.25) is 0 Å². The van der Waals surface area contributed by atoms with Crippen molar-refractivity contribution >= 4 is 28.0 Å². The molecule has 0 bridgehead atoms. The van der Waals surface area contributed by atoms with Crippen LogP contribution >= 0.6 is 15.9 Å². The highest BCUT2D eigenvalue weighted by Crippen LogP contribution is 2.30. The lowest BCUT2D eigenvalue weighted by Gasteiger charge is -2.21. The van der Waals surface area contributed by atoms with Gasteiger partial charge in [0.05, 0.1) is 42.8 Å². The van der Waals surface area contributed by atoms with Crippen molar-refractivity contribution in [2.75, 3.05) is 19.6 Å². The van der Waals surface area contributed by atoms with E-state index in [9.17, 15) is 4.79 Å². The van der Waals surface area contributed by atoms with Crippen molar-refractivity contribution in [3.63, 3.8) is 0 Å². The number of benzene rings is 2. The molecule has 3 aromatic rings. The van der Waals surface area contributed by atoms with E-state index in [0.29, 0.717) is 18.0 Å². The molecule has 0 fully saturated rings. The van der Waals surface area contributed by atoms with Gasteiger partial charge < -0.3 is 9.47 Å². The Bertz CT molecular complexity index is 954. The summed E-state index contributed by atoms with van der Waals surface area (Å²) in [4.78, 5) is 11.6. The molecule has 0 aliphatic heterocycles. The maximum Gasteiger partial charge on any atom is 0.228 e. The molecule has 0 radical (unpaired) electrons. The van der Waals surface area contributed by atoms with Crippen LogP contribution in [0.25, 0.3) is 11.3 Å². The summed E-state index contributed by atoms with van der Waals surface area (Å²) in [6, 6.07) is 13.3. The first kappa shape index (κ1) is 19.8. The Morgan fingerprint density at radius 3 is 2.61 bits per heavy atom. The maximum absolute atomic E-state index is 11.6. The number of methoxy groups -OCH3 is 2. The molecule has 1 amide bonds. The van der Waals surface area contributed by atoms with E-state index in [0.717, 1.165) is 33.4 Å². The van der Waals surface area contributed by atoms with Crippen LogP contribution in [0, 0.1) is 0 Å². The van der Waals surface area contributed by atoms with Gasteiger partial charge in [-0.1, -0.05) is 18.2 Å². The highest BCUT2D eigenvalue weighted by atomic mass is 79.9. The van der Waals surface area contributed by atoms with Crippen LogP contribution in [0.15, 0.2) is 53.1 Å². The number of rotatable bonds is 8. The molecular weight excluding hydrogens is 424 g/mol. The van der Waals surface area contributed by atoms with Crippen molar-refractivity contribution in [3.05, 3.63) is 58.7 Å². The van der Waals surface area contributed by atoms with Gasteiger partial charge in [0.25, 0.3) is 0 Å². The highest BCUT2D eigenvalue weighted by Gasteiger charge is 2.11. The number of hydrazine groups is 1. The zero-order chi connectivity index (χ0) is 20.1. The first-order chi connectivity index (χ1) is 13.5. The molecular formula is C20H21BrN4O3. The molecule has 0 saturated carbocycles. The molecule has 3 rings (SSSR count). The molecule has 0 unspecified atom stereocenters. The average molecular weight is 445 g/mol. The number of aromatic nitrogens is 2. The summed E-state index contributed by atoms with van der Waals surface area (Å²) < 4.78 is 13.3. The molecule has 1 N–H and O–H groups in total. The van der Waals surface area contributed by atoms with E-state index in [1.807, 2.05) is 49.5 Å². The quantitative estimate of drug-likeness (QED) is 0.422. The molecule has 146 valence electrons. The fourth-order valence-corrected chi connectivity index (χ4v) is 3.49. The number of anilines is 1. The van der Waals surface area contributed by atoms with Gasteiger partial charge in [0.1, 0.15) is 0 Å². The number of carbonyl (C=O) groups excluding carboxylic acids is 1. The molecule has 28 heavy (non-hydrogen) atoms. The zero-order valence-corrected chi connectivity index (χ0v) is 17.4. The van der Waals surface area contributed by atoms with Gasteiger partial charge in [-0.05, 0) is 45.8 Å². The van der Waals surface area contributed by atoms with Gasteiger partial charge in [-0.2, -0.15) is 5.10 Å². The molecule has 0 saturated heterocycles. The smallest absolute Gasteiger partial charge is 0.228 e. The van der Waals surface area contributed by atoms with E-state index in [1.165, 1.54) is 5.01 Å². The summed E-state index contributed by atoms with van der Waals surface area (Å²) in [6.07, 6.45) is 2.51. The van der Waals surface area contributed by atoms with E-state index in [1.54, 1.807) is 25.1 Å². The second kappa shape index (κ2) is 8.79. The highest BCUT2D eigenvalue weighted by molar-refractivity contribution is 9.10. The van der Waals surface area contributed by atoms with Crippen molar-refractivity contribution in [3.8, 4) is 22.8 Å². The maximum atomic E-state index is 11.6. The number of amides is 1. The molecule has 1 heterocycles. The van der Waals surface area contributed by atoms with Crippen molar-refractivity contribution in [2.45, 2.75) is 6.54 Å². The van der Waals surface area contributed by atoms with Crippen molar-refractivity contribution < 1.29 is 14.3 Å².